The van der Waals surface area contributed by atoms with Crippen molar-refractivity contribution >= 4 is 54.4 Å². The molecule has 10 heteroatoms. The summed E-state index contributed by atoms with van der Waals surface area (Å²) in [6.45, 7) is 7.26. The number of ether oxygens (including phenoxy) is 2. The zero-order valence-corrected chi connectivity index (χ0v) is 21.1. The Bertz CT molecular complexity index is 1020. The van der Waals surface area contributed by atoms with Crippen molar-refractivity contribution in [1.82, 2.24) is 5.32 Å². The second kappa shape index (κ2) is 12.0. The van der Waals surface area contributed by atoms with Crippen LogP contribution in [0.15, 0.2) is 53.5 Å². The molecule has 0 spiro atoms. The fraction of sp³-hybridized carbons (Fsp3) is 0.375. The molecule has 0 saturated heterocycles. The van der Waals surface area contributed by atoms with Gasteiger partial charge in [-0.15, -0.1) is 12.4 Å². The van der Waals surface area contributed by atoms with Crippen molar-refractivity contribution in [2.24, 2.45) is 4.99 Å². The Labute approximate surface area is 211 Å². The van der Waals surface area contributed by atoms with Crippen LogP contribution >= 0.6 is 25.0 Å². The molecule has 34 heavy (non-hydrogen) atoms. The highest BCUT2D eigenvalue weighted by Crippen LogP contribution is 2.32. The summed E-state index contributed by atoms with van der Waals surface area (Å²) in [7, 11) is 0. The molecule has 1 aliphatic rings. The van der Waals surface area contributed by atoms with Crippen LogP contribution in [0.5, 0.6) is 5.75 Å². The van der Waals surface area contributed by atoms with Gasteiger partial charge in [0.2, 0.25) is 0 Å². The quantitative estimate of drug-likeness (QED) is 0.258. The van der Waals surface area contributed by atoms with E-state index >= 15 is 0 Å². The summed E-state index contributed by atoms with van der Waals surface area (Å²) in [6, 6.07) is 13.3. The number of amidine groups is 1. The molecular weight excluding hydrogens is 478 g/mol. The lowest BCUT2D eigenvalue weighted by atomic mass is 10.1. The minimum atomic E-state index is -1.42. The van der Waals surface area contributed by atoms with Crippen molar-refractivity contribution in [1.29, 1.82) is 0 Å². The molecular formula is C24H30ClN3O5S. The monoisotopic (exact) mass is 507 g/mol. The summed E-state index contributed by atoms with van der Waals surface area (Å²) in [5, 5.41) is 12.2. The van der Waals surface area contributed by atoms with E-state index in [-0.39, 0.29) is 29.5 Å². The maximum absolute atomic E-state index is 13.4. The molecule has 0 saturated carbocycles. The number of esters is 1. The first-order chi connectivity index (χ1) is 15.6. The number of carboxylic acid groups (broad SMARTS) is 1. The average molecular weight is 508 g/mol. The predicted octanol–water partition coefficient (Wildman–Crippen LogP) is 4.62. The zero-order valence-electron chi connectivity index (χ0n) is 19.4. The Morgan fingerprint density at radius 3 is 2.50 bits per heavy atom. The van der Waals surface area contributed by atoms with E-state index in [1.165, 1.54) is 0 Å². The van der Waals surface area contributed by atoms with Crippen molar-refractivity contribution < 1.29 is 24.2 Å². The van der Waals surface area contributed by atoms with Crippen LogP contribution in [-0.2, 0) is 9.53 Å². The van der Waals surface area contributed by atoms with Crippen molar-refractivity contribution in [3.63, 3.8) is 0 Å². The van der Waals surface area contributed by atoms with Gasteiger partial charge in [-0.3, -0.25) is 4.99 Å². The molecule has 0 amide bonds. The number of carbonyl (C=O) groups excluding carboxylic acids is 1. The van der Waals surface area contributed by atoms with Gasteiger partial charge in [0.15, 0.2) is 6.04 Å². The molecule has 184 valence electrons. The lowest BCUT2D eigenvalue weighted by molar-refractivity contribution is -0.143. The number of benzene rings is 2. The van der Waals surface area contributed by atoms with Crippen LogP contribution in [-0.4, -0.2) is 53.6 Å². The second-order valence-corrected chi connectivity index (χ2v) is 9.61. The average Bonchev–Trinajstić information content (AvgIpc) is 3.25. The summed E-state index contributed by atoms with van der Waals surface area (Å²) in [6.07, 6.45) is -0.831. The fourth-order valence-corrected chi connectivity index (χ4v) is 3.46. The van der Waals surface area contributed by atoms with E-state index < -0.39 is 18.2 Å². The molecule has 8 nitrogen and oxygen atoms in total. The Hall–Kier alpha value is -2.91. The number of thiol groups is 1. The molecule has 1 atom stereocenters. The third kappa shape index (κ3) is 7.56. The van der Waals surface area contributed by atoms with Gasteiger partial charge in [-0.2, -0.15) is 12.6 Å². The van der Waals surface area contributed by atoms with Gasteiger partial charge in [0, 0.05) is 28.7 Å². The maximum Gasteiger partial charge on any atom is 0.511 e. The first-order valence-electron chi connectivity index (χ1n) is 10.7. The molecule has 0 bridgehead atoms. The van der Waals surface area contributed by atoms with Gasteiger partial charge >= 0.3 is 12.1 Å². The minimum absolute atomic E-state index is 0. The summed E-state index contributed by atoms with van der Waals surface area (Å²) < 4.78 is 10.2. The fourth-order valence-electron chi connectivity index (χ4n) is 3.37. The lowest BCUT2D eigenvalue weighted by Crippen LogP contribution is -2.49. The third-order valence-electron chi connectivity index (χ3n) is 5.01. The van der Waals surface area contributed by atoms with E-state index in [0.29, 0.717) is 31.0 Å². The van der Waals surface area contributed by atoms with Crippen molar-refractivity contribution in [3.05, 3.63) is 54.1 Å². The molecule has 1 unspecified atom stereocenters. The van der Waals surface area contributed by atoms with Crippen molar-refractivity contribution in [2.75, 3.05) is 24.6 Å². The van der Waals surface area contributed by atoms with Gasteiger partial charge in [-0.05, 0) is 37.6 Å². The highest BCUT2D eigenvalue weighted by Gasteiger charge is 2.35. The Kier molecular flexibility index (Phi) is 9.64. The Morgan fingerprint density at radius 2 is 1.91 bits per heavy atom. The van der Waals surface area contributed by atoms with Gasteiger partial charge in [-0.25, -0.2) is 9.59 Å². The Morgan fingerprint density at radius 1 is 1.21 bits per heavy atom. The number of halogens is 1. The van der Waals surface area contributed by atoms with Gasteiger partial charge in [0.1, 0.15) is 11.6 Å². The van der Waals surface area contributed by atoms with Crippen LogP contribution in [0.25, 0.3) is 0 Å². The maximum atomic E-state index is 13.4. The smallest absolute Gasteiger partial charge is 0.464 e. The lowest BCUT2D eigenvalue weighted by Gasteiger charge is -2.33. The highest BCUT2D eigenvalue weighted by molar-refractivity contribution is 7.81. The van der Waals surface area contributed by atoms with Crippen LogP contribution < -0.4 is 15.0 Å². The molecule has 2 aromatic rings. The molecule has 1 aliphatic heterocycles. The Balaban J connectivity index is 0.00000408. The molecule has 0 aliphatic carbocycles. The van der Waals surface area contributed by atoms with E-state index in [0.717, 1.165) is 11.3 Å². The number of hydrogen-bond acceptors (Lipinski definition) is 8. The number of aliphatic imine (C=N–C) groups is 1. The minimum Gasteiger partial charge on any atom is -0.464 e. The van der Waals surface area contributed by atoms with Gasteiger partial charge < -0.3 is 24.8 Å². The highest BCUT2D eigenvalue weighted by atomic mass is 35.5. The topological polar surface area (TPSA) is 100 Å². The summed E-state index contributed by atoms with van der Waals surface area (Å²) in [4.78, 5) is 30.7. The van der Waals surface area contributed by atoms with E-state index in [1.807, 2.05) is 45.0 Å². The van der Waals surface area contributed by atoms with Crippen LogP contribution in [0, 0.1) is 6.92 Å². The zero-order chi connectivity index (χ0) is 24.0. The number of carbonyl (C=O) groups is 2. The number of rotatable bonds is 9. The number of nitrogens with one attached hydrogen (secondary N) is 1. The van der Waals surface area contributed by atoms with Gasteiger partial charge in [-0.1, -0.05) is 37.6 Å². The number of aryl methyl sites for hydroxylation is 1. The normalized spacial score (nSPS) is 13.7. The van der Waals surface area contributed by atoms with Crippen LogP contribution in [0.1, 0.15) is 25.8 Å². The largest absolute Gasteiger partial charge is 0.511 e. The molecule has 0 aromatic heterocycles. The van der Waals surface area contributed by atoms with Crippen molar-refractivity contribution in [3.8, 4) is 5.75 Å². The van der Waals surface area contributed by atoms with E-state index in [1.54, 1.807) is 29.2 Å². The summed E-state index contributed by atoms with van der Waals surface area (Å²) >= 11 is 4.50. The van der Waals surface area contributed by atoms with Crippen LogP contribution in [0.2, 0.25) is 0 Å². The molecule has 1 heterocycles. The van der Waals surface area contributed by atoms with Crippen molar-refractivity contribution in [2.45, 2.75) is 38.0 Å². The van der Waals surface area contributed by atoms with E-state index in [9.17, 15) is 9.59 Å². The molecule has 0 fully saturated rings. The number of anilines is 2. The molecule has 2 aromatic carbocycles. The van der Waals surface area contributed by atoms with E-state index in [4.69, 9.17) is 14.6 Å². The predicted molar refractivity (Wildman–Crippen MR) is 138 cm³/mol. The number of nitrogens with zero attached hydrogens (tertiary/aromatic N) is 2. The second-order valence-electron chi connectivity index (χ2n) is 8.40. The molecule has 2 N–H and O–H groups in total. The molecule has 3 rings (SSSR count). The first-order valence-corrected chi connectivity index (χ1v) is 11.1. The third-order valence-corrected chi connectivity index (χ3v) is 5.24. The van der Waals surface area contributed by atoms with Gasteiger partial charge in [0.05, 0.1) is 13.2 Å². The van der Waals surface area contributed by atoms with Gasteiger partial charge in [0.25, 0.3) is 0 Å². The van der Waals surface area contributed by atoms with Crippen LogP contribution in [0.3, 0.4) is 0 Å². The summed E-state index contributed by atoms with van der Waals surface area (Å²) in [5.41, 5.74) is 2.35. The van der Waals surface area contributed by atoms with E-state index in [2.05, 4.69) is 22.9 Å². The standard InChI is InChI=1S/C24H29N3O5S.ClH/c1-16-7-9-17(10-8-16)27(18-5-4-6-19(15-18)32-23(29)30)20(21-25-12-13-26-21)22(28)31-14-11-24(2,3)33;/h4-10,15,20,33H,11-14H2,1-3H3,(H,25,26)(H,29,30);1H. The first kappa shape index (κ1) is 27.3. The summed E-state index contributed by atoms with van der Waals surface area (Å²) in [5.74, 6) is 0.170. The molecule has 0 radical (unpaired) electrons. The number of hydrogen-bond donors (Lipinski definition) is 3. The van der Waals surface area contributed by atoms with Crippen LogP contribution in [0.4, 0.5) is 16.2 Å². The SMILES string of the molecule is Cc1ccc(N(c2cccc(OC(=O)O)c2)C(C(=O)OCCC(C)(C)S)C2=NCCN2)cc1.Cl.